The van der Waals surface area contributed by atoms with Crippen LogP contribution in [-0.2, 0) is 0 Å². The lowest BCUT2D eigenvalue weighted by Gasteiger charge is -2.19. The number of benzene rings is 2. The summed E-state index contributed by atoms with van der Waals surface area (Å²) in [4.78, 5) is 0. The van der Waals surface area contributed by atoms with Crippen LogP contribution in [-0.4, -0.2) is 13.7 Å². The number of nitrogens with one attached hydrogen (secondary N) is 1. The molecule has 0 aliphatic carbocycles. The first-order chi connectivity index (χ1) is 10.1. The lowest BCUT2D eigenvalue weighted by atomic mass is 9.98. The first-order valence-corrected chi connectivity index (χ1v) is 7.78. The zero-order valence-corrected chi connectivity index (χ0v) is 14.1. The molecule has 0 saturated heterocycles. The second-order valence-electron chi connectivity index (χ2n) is 4.51. The Morgan fingerprint density at radius 1 is 1.29 bits per heavy atom. The third kappa shape index (κ3) is 3.76. The van der Waals surface area contributed by atoms with Crippen molar-refractivity contribution >= 4 is 27.5 Å². The maximum atomic E-state index is 14.2. The Labute approximate surface area is 137 Å². The highest BCUT2D eigenvalue weighted by atomic mass is 79.9. The summed E-state index contributed by atoms with van der Waals surface area (Å²) in [7, 11) is 1.79. The molecule has 0 aliphatic heterocycles. The van der Waals surface area contributed by atoms with Crippen molar-refractivity contribution in [2.75, 3.05) is 13.7 Å². The third-order valence-corrected chi connectivity index (χ3v) is 4.36. The Kier molecular flexibility index (Phi) is 5.62. The van der Waals surface area contributed by atoms with Gasteiger partial charge in [-0.25, -0.2) is 4.39 Å². The summed E-state index contributed by atoms with van der Waals surface area (Å²) in [5, 5.41) is 3.60. The number of hydrogen-bond donors (Lipinski definition) is 1. The zero-order chi connectivity index (χ0) is 15.4. The fourth-order valence-electron chi connectivity index (χ4n) is 2.18. The van der Waals surface area contributed by atoms with Gasteiger partial charge in [-0.3, -0.25) is 0 Å². The van der Waals surface area contributed by atoms with E-state index in [1.807, 2.05) is 31.2 Å². The van der Waals surface area contributed by atoms with E-state index in [9.17, 15) is 4.39 Å². The molecule has 0 amide bonds. The van der Waals surface area contributed by atoms with Crippen molar-refractivity contribution in [2.45, 2.75) is 13.0 Å². The SMILES string of the molecule is CCOc1ccc(C(NC)c2cc(Cl)c(Br)cc2F)cc1. The molecular formula is C16H16BrClFNO. The fraction of sp³-hybridized carbons (Fsp3) is 0.250. The Morgan fingerprint density at radius 3 is 2.52 bits per heavy atom. The molecule has 5 heteroatoms. The quantitative estimate of drug-likeness (QED) is 0.750. The van der Waals surface area contributed by atoms with Gasteiger partial charge in [-0.15, -0.1) is 0 Å². The van der Waals surface area contributed by atoms with Crippen LogP contribution in [0.25, 0.3) is 0 Å². The molecule has 0 aliphatic rings. The minimum Gasteiger partial charge on any atom is -0.494 e. The normalized spacial score (nSPS) is 12.2. The summed E-state index contributed by atoms with van der Waals surface area (Å²) in [5.74, 6) is 0.491. The summed E-state index contributed by atoms with van der Waals surface area (Å²) in [6, 6.07) is 10.3. The molecule has 2 aromatic rings. The smallest absolute Gasteiger partial charge is 0.129 e. The van der Waals surface area contributed by atoms with E-state index >= 15 is 0 Å². The topological polar surface area (TPSA) is 21.3 Å². The average Bonchev–Trinajstić information content (AvgIpc) is 2.47. The largest absolute Gasteiger partial charge is 0.494 e. The summed E-state index contributed by atoms with van der Waals surface area (Å²) < 4.78 is 20.2. The Balaban J connectivity index is 2.37. The predicted octanol–water partition coefficient (Wildman–Crippen LogP) is 4.95. The molecule has 1 N–H and O–H groups in total. The van der Waals surface area contributed by atoms with Gasteiger partial charge in [0.25, 0.3) is 0 Å². The highest BCUT2D eigenvalue weighted by molar-refractivity contribution is 9.10. The van der Waals surface area contributed by atoms with E-state index in [4.69, 9.17) is 16.3 Å². The van der Waals surface area contributed by atoms with Crippen molar-refractivity contribution in [3.05, 3.63) is 62.8 Å². The molecule has 0 saturated carbocycles. The van der Waals surface area contributed by atoms with Crippen LogP contribution in [0.1, 0.15) is 24.1 Å². The monoisotopic (exact) mass is 371 g/mol. The summed E-state index contributed by atoms with van der Waals surface area (Å²) in [6.07, 6.45) is 0. The molecule has 0 bridgehead atoms. The highest BCUT2D eigenvalue weighted by Gasteiger charge is 2.18. The zero-order valence-electron chi connectivity index (χ0n) is 11.8. The number of ether oxygens (including phenoxy) is 1. The number of hydrogen-bond acceptors (Lipinski definition) is 2. The molecule has 0 heterocycles. The minimum atomic E-state index is -0.306. The van der Waals surface area contributed by atoms with Crippen LogP contribution >= 0.6 is 27.5 Å². The van der Waals surface area contributed by atoms with Crippen molar-refractivity contribution in [2.24, 2.45) is 0 Å². The highest BCUT2D eigenvalue weighted by Crippen LogP contribution is 2.32. The van der Waals surface area contributed by atoms with Gasteiger partial charge in [-0.2, -0.15) is 0 Å². The van der Waals surface area contributed by atoms with Crippen LogP contribution in [0.4, 0.5) is 4.39 Å². The van der Waals surface area contributed by atoms with Crippen molar-refractivity contribution in [1.82, 2.24) is 5.32 Å². The summed E-state index contributed by atoms with van der Waals surface area (Å²) >= 11 is 9.30. The molecular weight excluding hydrogens is 357 g/mol. The maximum absolute atomic E-state index is 14.2. The van der Waals surface area contributed by atoms with Gasteiger partial charge in [0.2, 0.25) is 0 Å². The van der Waals surface area contributed by atoms with Crippen LogP contribution in [0.15, 0.2) is 40.9 Å². The van der Waals surface area contributed by atoms with Crippen LogP contribution in [0.5, 0.6) is 5.75 Å². The van der Waals surface area contributed by atoms with Gasteiger partial charge in [-0.05, 0) is 59.7 Å². The van der Waals surface area contributed by atoms with E-state index in [0.717, 1.165) is 11.3 Å². The lowest BCUT2D eigenvalue weighted by Crippen LogP contribution is -2.19. The molecule has 2 aromatic carbocycles. The van der Waals surface area contributed by atoms with Gasteiger partial charge in [0, 0.05) is 10.0 Å². The summed E-state index contributed by atoms with van der Waals surface area (Å²) in [6.45, 7) is 2.55. The first kappa shape index (κ1) is 16.3. The number of rotatable bonds is 5. The molecule has 21 heavy (non-hydrogen) atoms. The maximum Gasteiger partial charge on any atom is 0.129 e. The Hall–Kier alpha value is -1.10. The third-order valence-electron chi connectivity index (χ3n) is 3.16. The van der Waals surface area contributed by atoms with Gasteiger partial charge >= 0.3 is 0 Å². The molecule has 0 aromatic heterocycles. The molecule has 0 fully saturated rings. The van der Waals surface area contributed by atoms with Crippen LogP contribution in [0, 0.1) is 5.82 Å². The van der Waals surface area contributed by atoms with Crippen molar-refractivity contribution in [1.29, 1.82) is 0 Å². The van der Waals surface area contributed by atoms with Crippen LogP contribution < -0.4 is 10.1 Å². The van der Waals surface area contributed by atoms with E-state index in [2.05, 4.69) is 21.2 Å². The van der Waals surface area contributed by atoms with E-state index in [-0.39, 0.29) is 11.9 Å². The summed E-state index contributed by atoms with van der Waals surface area (Å²) in [5.41, 5.74) is 1.45. The van der Waals surface area contributed by atoms with Crippen molar-refractivity contribution in [3.63, 3.8) is 0 Å². The second kappa shape index (κ2) is 7.25. The number of halogens is 3. The van der Waals surface area contributed by atoms with Crippen molar-refractivity contribution < 1.29 is 9.13 Å². The van der Waals surface area contributed by atoms with Crippen LogP contribution in [0.2, 0.25) is 5.02 Å². The van der Waals surface area contributed by atoms with E-state index in [1.165, 1.54) is 6.07 Å². The van der Waals surface area contributed by atoms with Crippen LogP contribution in [0.3, 0.4) is 0 Å². The van der Waals surface area contributed by atoms with Gasteiger partial charge in [0.1, 0.15) is 11.6 Å². The van der Waals surface area contributed by atoms with E-state index < -0.39 is 0 Å². The molecule has 2 nitrogen and oxygen atoms in total. The molecule has 2 rings (SSSR count). The second-order valence-corrected chi connectivity index (χ2v) is 5.77. The fourth-order valence-corrected chi connectivity index (χ4v) is 2.67. The van der Waals surface area contributed by atoms with E-state index in [1.54, 1.807) is 13.1 Å². The molecule has 1 atom stereocenters. The van der Waals surface area contributed by atoms with Gasteiger partial charge in [0.15, 0.2) is 0 Å². The predicted molar refractivity (Wildman–Crippen MR) is 87.6 cm³/mol. The molecule has 0 spiro atoms. The van der Waals surface area contributed by atoms with E-state index in [0.29, 0.717) is 21.7 Å². The minimum absolute atomic E-state index is 0.272. The van der Waals surface area contributed by atoms with Crippen molar-refractivity contribution in [3.8, 4) is 5.75 Å². The molecule has 0 radical (unpaired) electrons. The first-order valence-electron chi connectivity index (χ1n) is 6.61. The Bertz CT molecular complexity index is 618. The average molecular weight is 373 g/mol. The standard InChI is InChI=1S/C16H16BrClFNO/c1-3-21-11-6-4-10(5-7-11)16(20-2)12-8-14(18)13(17)9-15(12)19/h4-9,16,20H,3H2,1-2H3. The van der Waals surface area contributed by atoms with Gasteiger partial charge in [-0.1, -0.05) is 23.7 Å². The molecule has 1 unspecified atom stereocenters. The lowest BCUT2D eigenvalue weighted by molar-refractivity contribution is 0.340. The van der Waals surface area contributed by atoms with Gasteiger partial charge in [0.05, 0.1) is 17.7 Å². The van der Waals surface area contributed by atoms with Gasteiger partial charge < -0.3 is 10.1 Å². The Morgan fingerprint density at radius 2 is 1.95 bits per heavy atom. The molecule has 112 valence electrons.